The van der Waals surface area contributed by atoms with Crippen molar-refractivity contribution >= 4 is 58.2 Å². The van der Waals surface area contributed by atoms with Crippen LogP contribution in [-0.4, -0.2) is 25.2 Å². The summed E-state index contributed by atoms with van der Waals surface area (Å²) in [7, 11) is 3.10. The van der Waals surface area contributed by atoms with Crippen LogP contribution in [0.4, 0.5) is 5.69 Å². The van der Waals surface area contributed by atoms with E-state index in [9.17, 15) is 4.79 Å². The zero-order valence-corrected chi connectivity index (χ0v) is 16.3. The third-order valence-corrected chi connectivity index (χ3v) is 4.02. The van der Waals surface area contributed by atoms with E-state index in [1.54, 1.807) is 56.7 Å². The van der Waals surface area contributed by atoms with E-state index in [2.05, 4.69) is 10.6 Å². The Kier molecular flexibility index (Phi) is 7.26. The Morgan fingerprint density at radius 2 is 1.81 bits per heavy atom. The van der Waals surface area contributed by atoms with E-state index in [-0.39, 0.29) is 5.11 Å². The molecule has 2 aromatic rings. The first-order valence-electron chi connectivity index (χ1n) is 7.40. The van der Waals surface area contributed by atoms with E-state index < -0.39 is 5.91 Å². The Morgan fingerprint density at radius 1 is 1.08 bits per heavy atom. The van der Waals surface area contributed by atoms with Gasteiger partial charge in [-0.1, -0.05) is 29.3 Å². The van der Waals surface area contributed by atoms with Crippen molar-refractivity contribution in [3.8, 4) is 11.5 Å². The van der Waals surface area contributed by atoms with E-state index in [0.29, 0.717) is 27.2 Å². The number of amides is 1. The maximum absolute atomic E-state index is 12.0. The summed E-state index contributed by atoms with van der Waals surface area (Å²) < 4.78 is 10.4. The Bertz CT molecular complexity index is 856. The second kappa shape index (κ2) is 9.43. The molecule has 5 nitrogen and oxygen atoms in total. The van der Waals surface area contributed by atoms with Gasteiger partial charge in [0, 0.05) is 11.1 Å². The van der Waals surface area contributed by atoms with Crippen LogP contribution in [0.3, 0.4) is 0 Å². The first-order chi connectivity index (χ1) is 12.4. The maximum atomic E-state index is 12.0. The summed E-state index contributed by atoms with van der Waals surface area (Å²) in [6, 6.07) is 10.2. The van der Waals surface area contributed by atoms with Crippen LogP contribution in [0, 0.1) is 0 Å². The molecule has 0 bridgehead atoms. The summed E-state index contributed by atoms with van der Waals surface area (Å²) in [5.74, 6) is 0.788. The van der Waals surface area contributed by atoms with Crippen LogP contribution in [0.2, 0.25) is 10.0 Å². The third kappa shape index (κ3) is 5.62. The van der Waals surface area contributed by atoms with Crippen molar-refractivity contribution < 1.29 is 14.3 Å². The van der Waals surface area contributed by atoms with Crippen LogP contribution < -0.4 is 20.1 Å². The molecule has 8 heteroatoms. The molecule has 0 aromatic heterocycles. The van der Waals surface area contributed by atoms with Crippen LogP contribution in [0.25, 0.3) is 6.08 Å². The van der Waals surface area contributed by atoms with Gasteiger partial charge in [-0.2, -0.15) is 0 Å². The molecule has 0 radical (unpaired) electrons. The fourth-order valence-electron chi connectivity index (χ4n) is 2.03. The molecule has 0 saturated heterocycles. The lowest BCUT2D eigenvalue weighted by Crippen LogP contribution is -2.32. The van der Waals surface area contributed by atoms with Crippen molar-refractivity contribution in [2.24, 2.45) is 0 Å². The molecule has 26 heavy (non-hydrogen) atoms. The SMILES string of the molecule is COc1ccc(/C=C/C(=O)NC(=S)Nc2cc(Cl)ccc2Cl)cc1OC. The molecule has 0 atom stereocenters. The van der Waals surface area contributed by atoms with Gasteiger partial charge in [-0.15, -0.1) is 0 Å². The average Bonchev–Trinajstić information content (AvgIpc) is 2.62. The Hall–Kier alpha value is -2.28. The number of ether oxygens (including phenoxy) is 2. The quantitative estimate of drug-likeness (QED) is 0.559. The van der Waals surface area contributed by atoms with E-state index >= 15 is 0 Å². The number of carbonyl (C=O) groups is 1. The van der Waals surface area contributed by atoms with E-state index in [4.69, 9.17) is 44.9 Å². The molecular formula is C18H16Cl2N2O3S. The van der Waals surface area contributed by atoms with Crippen LogP contribution in [0.15, 0.2) is 42.5 Å². The van der Waals surface area contributed by atoms with Crippen LogP contribution in [0.5, 0.6) is 11.5 Å². The van der Waals surface area contributed by atoms with Crippen molar-refractivity contribution in [2.75, 3.05) is 19.5 Å². The molecule has 0 aliphatic carbocycles. The fraction of sp³-hybridized carbons (Fsp3) is 0.111. The van der Waals surface area contributed by atoms with Gasteiger partial charge in [-0.3, -0.25) is 10.1 Å². The molecule has 0 spiro atoms. The van der Waals surface area contributed by atoms with Crippen LogP contribution >= 0.6 is 35.4 Å². The van der Waals surface area contributed by atoms with E-state index in [1.807, 2.05) is 0 Å². The summed E-state index contributed by atoms with van der Waals surface area (Å²) in [4.78, 5) is 12.0. The molecule has 0 saturated carbocycles. The first-order valence-corrected chi connectivity index (χ1v) is 8.56. The number of halogens is 2. The van der Waals surface area contributed by atoms with E-state index in [0.717, 1.165) is 5.56 Å². The Labute approximate surface area is 166 Å². The maximum Gasteiger partial charge on any atom is 0.250 e. The molecule has 0 fully saturated rings. The molecule has 0 aliphatic rings. The van der Waals surface area contributed by atoms with Gasteiger partial charge < -0.3 is 14.8 Å². The highest BCUT2D eigenvalue weighted by Gasteiger charge is 2.06. The number of benzene rings is 2. The lowest BCUT2D eigenvalue weighted by atomic mass is 10.2. The van der Waals surface area contributed by atoms with Gasteiger partial charge in [-0.25, -0.2) is 0 Å². The molecule has 2 aromatic carbocycles. The summed E-state index contributed by atoms with van der Waals surface area (Å²) in [6.07, 6.45) is 2.99. The number of hydrogen-bond acceptors (Lipinski definition) is 4. The van der Waals surface area contributed by atoms with Crippen LogP contribution in [0.1, 0.15) is 5.56 Å². The second-order valence-electron chi connectivity index (χ2n) is 5.02. The van der Waals surface area contributed by atoms with Crippen molar-refractivity contribution in [2.45, 2.75) is 0 Å². The molecule has 1 amide bonds. The minimum absolute atomic E-state index is 0.108. The van der Waals surface area contributed by atoms with Gasteiger partial charge in [-0.05, 0) is 54.2 Å². The molecule has 0 aliphatic heterocycles. The molecule has 0 unspecified atom stereocenters. The summed E-state index contributed by atoms with van der Waals surface area (Å²) in [5.41, 5.74) is 1.28. The topological polar surface area (TPSA) is 59.6 Å². The van der Waals surface area contributed by atoms with Gasteiger partial charge in [0.2, 0.25) is 5.91 Å². The van der Waals surface area contributed by atoms with Gasteiger partial charge >= 0.3 is 0 Å². The van der Waals surface area contributed by atoms with Crippen molar-refractivity contribution in [3.63, 3.8) is 0 Å². The van der Waals surface area contributed by atoms with Crippen molar-refractivity contribution in [3.05, 3.63) is 58.1 Å². The predicted molar refractivity (Wildman–Crippen MR) is 109 cm³/mol. The van der Waals surface area contributed by atoms with Gasteiger partial charge in [0.05, 0.1) is 24.9 Å². The summed E-state index contributed by atoms with van der Waals surface area (Å²) in [6.45, 7) is 0. The molecule has 0 heterocycles. The average molecular weight is 411 g/mol. The Balaban J connectivity index is 1.98. The lowest BCUT2D eigenvalue weighted by molar-refractivity contribution is -0.115. The van der Waals surface area contributed by atoms with Gasteiger partial charge in [0.1, 0.15) is 0 Å². The minimum Gasteiger partial charge on any atom is -0.493 e. The number of methoxy groups -OCH3 is 2. The summed E-state index contributed by atoms with van der Waals surface area (Å²) in [5, 5.41) is 6.40. The standard InChI is InChI=1S/C18H16Cl2N2O3S/c1-24-15-7-3-11(9-16(15)25-2)4-8-17(23)22-18(26)21-14-10-12(19)5-6-13(14)20/h3-10H,1-2H3,(H2,21,22,23,26)/b8-4+. The fourth-order valence-corrected chi connectivity index (χ4v) is 2.58. The number of anilines is 1. The number of thiocarbonyl (C=S) groups is 1. The summed E-state index contributed by atoms with van der Waals surface area (Å²) >= 11 is 17.1. The smallest absolute Gasteiger partial charge is 0.250 e. The van der Waals surface area contributed by atoms with E-state index in [1.165, 1.54) is 6.08 Å². The van der Waals surface area contributed by atoms with Crippen molar-refractivity contribution in [1.29, 1.82) is 0 Å². The van der Waals surface area contributed by atoms with Gasteiger partial charge in [0.25, 0.3) is 0 Å². The van der Waals surface area contributed by atoms with Crippen LogP contribution in [-0.2, 0) is 4.79 Å². The minimum atomic E-state index is -0.393. The number of carbonyl (C=O) groups excluding carboxylic acids is 1. The highest BCUT2D eigenvalue weighted by molar-refractivity contribution is 7.80. The first kappa shape index (κ1) is 20.0. The number of hydrogen-bond donors (Lipinski definition) is 2. The second-order valence-corrected chi connectivity index (χ2v) is 6.27. The predicted octanol–water partition coefficient (Wildman–Crippen LogP) is 4.54. The normalized spacial score (nSPS) is 10.5. The monoisotopic (exact) mass is 410 g/mol. The molecule has 2 rings (SSSR count). The molecule has 2 N–H and O–H groups in total. The zero-order chi connectivity index (χ0) is 19.1. The zero-order valence-electron chi connectivity index (χ0n) is 14.0. The number of nitrogens with one attached hydrogen (secondary N) is 2. The van der Waals surface area contributed by atoms with Gasteiger partial charge in [0.15, 0.2) is 16.6 Å². The Morgan fingerprint density at radius 3 is 2.50 bits per heavy atom. The highest BCUT2D eigenvalue weighted by atomic mass is 35.5. The lowest BCUT2D eigenvalue weighted by Gasteiger charge is -2.10. The highest BCUT2D eigenvalue weighted by Crippen LogP contribution is 2.28. The molecule has 136 valence electrons. The largest absolute Gasteiger partial charge is 0.493 e. The third-order valence-electron chi connectivity index (χ3n) is 3.25. The molecular weight excluding hydrogens is 395 g/mol. The van der Waals surface area contributed by atoms with Crippen molar-refractivity contribution in [1.82, 2.24) is 5.32 Å². The number of rotatable bonds is 5.